The number of nitrogens with zero attached hydrogens (tertiary/aromatic N) is 1. The van der Waals surface area contributed by atoms with Crippen LogP contribution in [0.15, 0.2) is 27.5 Å². The number of benzene rings is 1. The molecule has 1 aromatic heterocycles. The molecule has 0 atom stereocenters. The Balaban J connectivity index is 2.14. The molecule has 90 valence electrons. The molecule has 2 aromatic rings. The van der Waals surface area contributed by atoms with Gasteiger partial charge in [-0.3, -0.25) is 4.57 Å². The Labute approximate surface area is 107 Å². The maximum atomic E-state index is 12.0. The zero-order valence-corrected chi connectivity index (χ0v) is 11.0. The van der Waals surface area contributed by atoms with E-state index in [1.54, 1.807) is 0 Å². The van der Waals surface area contributed by atoms with Crippen molar-refractivity contribution < 1.29 is 0 Å². The first kappa shape index (κ1) is 11.0. The largest absolute Gasteiger partial charge is 0.326 e. The van der Waals surface area contributed by atoms with Crippen LogP contribution in [-0.4, -0.2) is 22.6 Å². The molecule has 17 heavy (non-hydrogen) atoms. The minimum absolute atomic E-state index is 0.00463. The van der Waals surface area contributed by atoms with Crippen molar-refractivity contribution in [3.63, 3.8) is 0 Å². The van der Waals surface area contributed by atoms with Crippen LogP contribution in [0, 0.1) is 0 Å². The fourth-order valence-electron chi connectivity index (χ4n) is 2.53. The number of hydrogen-bond donors (Lipinski definition) is 2. The summed E-state index contributed by atoms with van der Waals surface area (Å²) < 4.78 is 2.89. The lowest BCUT2D eigenvalue weighted by Crippen LogP contribution is -2.33. The summed E-state index contributed by atoms with van der Waals surface area (Å²) in [6.45, 7) is 1.97. The van der Waals surface area contributed by atoms with Gasteiger partial charge in [-0.15, -0.1) is 0 Å². The lowest BCUT2D eigenvalue weighted by molar-refractivity contribution is 0.368. The lowest BCUT2D eigenvalue weighted by Gasteiger charge is -2.23. The summed E-state index contributed by atoms with van der Waals surface area (Å²) in [7, 11) is 0. The number of aromatic nitrogens is 2. The third kappa shape index (κ3) is 1.93. The third-order valence-corrected chi connectivity index (χ3v) is 3.85. The van der Waals surface area contributed by atoms with Gasteiger partial charge in [0.25, 0.3) is 0 Å². The van der Waals surface area contributed by atoms with E-state index in [1.807, 2.05) is 22.8 Å². The predicted octanol–water partition coefficient (Wildman–Crippen LogP) is 2.02. The average Bonchev–Trinajstić information content (AvgIpc) is 2.65. The van der Waals surface area contributed by atoms with E-state index in [9.17, 15) is 4.79 Å². The van der Waals surface area contributed by atoms with Crippen LogP contribution >= 0.6 is 15.9 Å². The van der Waals surface area contributed by atoms with Crippen molar-refractivity contribution in [2.45, 2.75) is 18.9 Å². The molecule has 2 heterocycles. The molecule has 0 bridgehead atoms. The summed E-state index contributed by atoms with van der Waals surface area (Å²) in [5, 5.41) is 3.32. The van der Waals surface area contributed by atoms with Gasteiger partial charge in [0.05, 0.1) is 11.0 Å². The average molecular weight is 296 g/mol. The molecule has 1 aliphatic rings. The highest BCUT2D eigenvalue weighted by atomic mass is 79.9. The number of rotatable bonds is 1. The summed E-state index contributed by atoms with van der Waals surface area (Å²) >= 11 is 3.42. The maximum Gasteiger partial charge on any atom is 0.326 e. The van der Waals surface area contributed by atoms with Crippen LogP contribution in [0.25, 0.3) is 11.0 Å². The number of piperidine rings is 1. The molecule has 1 saturated heterocycles. The molecular formula is C12H14BrN3O. The SMILES string of the molecule is O=c1[nH]c2cc(Br)ccc2n1C1CCNCC1. The van der Waals surface area contributed by atoms with Crippen LogP contribution in [-0.2, 0) is 0 Å². The highest BCUT2D eigenvalue weighted by Gasteiger charge is 2.19. The molecule has 0 radical (unpaired) electrons. The summed E-state index contributed by atoms with van der Waals surface area (Å²) in [4.78, 5) is 14.9. The van der Waals surface area contributed by atoms with Crippen LogP contribution in [0.4, 0.5) is 0 Å². The highest BCUT2D eigenvalue weighted by molar-refractivity contribution is 9.10. The first-order valence-corrected chi connectivity index (χ1v) is 6.65. The smallest absolute Gasteiger partial charge is 0.317 e. The molecule has 1 aliphatic heterocycles. The monoisotopic (exact) mass is 295 g/mol. The molecule has 0 amide bonds. The minimum atomic E-state index is 0.00463. The van der Waals surface area contributed by atoms with Crippen molar-refractivity contribution >= 4 is 27.0 Å². The highest BCUT2D eigenvalue weighted by Crippen LogP contribution is 2.23. The molecule has 0 aliphatic carbocycles. The molecule has 3 rings (SSSR count). The maximum absolute atomic E-state index is 12.0. The Kier molecular flexibility index (Phi) is 2.80. The van der Waals surface area contributed by atoms with Gasteiger partial charge >= 0.3 is 5.69 Å². The van der Waals surface area contributed by atoms with E-state index in [0.29, 0.717) is 6.04 Å². The summed E-state index contributed by atoms with van der Waals surface area (Å²) in [5.41, 5.74) is 1.91. The van der Waals surface area contributed by atoms with Gasteiger partial charge in [0.2, 0.25) is 0 Å². The molecule has 2 N–H and O–H groups in total. The van der Waals surface area contributed by atoms with E-state index in [0.717, 1.165) is 41.4 Å². The van der Waals surface area contributed by atoms with Crippen LogP contribution < -0.4 is 11.0 Å². The molecule has 5 heteroatoms. The molecule has 0 saturated carbocycles. The Hall–Kier alpha value is -1.07. The minimum Gasteiger partial charge on any atom is -0.317 e. The first-order valence-electron chi connectivity index (χ1n) is 5.86. The molecule has 0 unspecified atom stereocenters. The zero-order valence-electron chi connectivity index (χ0n) is 9.37. The zero-order chi connectivity index (χ0) is 11.8. The normalized spacial score (nSPS) is 17.7. The quantitative estimate of drug-likeness (QED) is 0.846. The van der Waals surface area contributed by atoms with Crippen molar-refractivity contribution in [3.05, 3.63) is 33.2 Å². The van der Waals surface area contributed by atoms with Gasteiger partial charge in [-0.2, -0.15) is 0 Å². The summed E-state index contributed by atoms with van der Waals surface area (Å²) in [6.07, 6.45) is 2.03. The molecule has 4 nitrogen and oxygen atoms in total. The van der Waals surface area contributed by atoms with Crippen molar-refractivity contribution in [1.82, 2.24) is 14.9 Å². The molecule has 0 spiro atoms. The summed E-state index contributed by atoms with van der Waals surface area (Å²) in [5.74, 6) is 0. The van der Waals surface area contributed by atoms with Gasteiger partial charge in [0, 0.05) is 10.5 Å². The third-order valence-electron chi connectivity index (χ3n) is 3.35. The lowest BCUT2D eigenvalue weighted by atomic mass is 10.1. The van der Waals surface area contributed by atoms with Gasteiger partial charge in [-0.25, -0.2) is 4.79 Å². The van der Waals surface area contributed by atoms with E-state index >= 15 is 0 Å². The Morgan fingerprint density at radius 1 is 1.29 bits per heavy atom. The van der Waals surface area contributed by atoms with Gasteiger partial charge in [-0.05, 0) is 44.1 Å². The van der Waals surface area contributed by atoms with Crippen molar-refractivity contribution in [1.29, 1.82) is 0 Å². The van der Waals surface area contributed by atoms with E-state index in [4.69, 9.17) is 0 Å². The number of aromatic amines is 1. The fraction of sp³-hybridized carbons (Fsp3) is 0.417. The topological polar surface area (TPSA) is 49.8 Å². The number of H-pyrrole nitrogens is 1. The Morgan fingerprint density at radius 3 is 2.82 bits per heavy atom. The number of imidazole rings is 1. The van der Waals surface area contributed by atoms with Crippen LogP contribution in [0.1, 0.15) is 18.9 Å². The van der Waals surface area contributed by atoms with Gasteiger partial charge in [-0.1, -0.05) is 15.9 Å². The van der Waals surface area contributed by atoms with E-state index in [2.05, 4.69) is 26.2 Å². The van der Waals surface area contributed by atoms with Gasteiger partial charge < -0.3 is 10.3 Å². The second kappa shape index (κ2) is 4.31. The van der Waals surface area contributed by atoms with E-state index < -0.39 is 0 Å². The van der Waals surface area contributed by atoms with Crippen LogP contribution in [0.2, 0.25) is 0 Å². The van der Waals surface area contributed by atoms with Gasteiger partial charge in [0.15, 0.2) is 0 Å². The Morgan fingerprint density at radius 2 is 2.06 bits per heavy atom. The van der Waals surface area contributed by atoms with Crippen molar-refractivity contribution in [3.8, 4) is 0 Å². The van der Waals surface area contributed by atoms with Crippen molar-refractivity contribution in [2.75, 3.05) is 13.1 Å². The predicted molar refractivity (Wildman–Crippen MR) is 71.4 cm³/mol. The van der Waals surface area contributed by atoms with E-state index in [-0.39, 0.29) is 5.69 Å². The number of fused-ring (bicyclic) bond motifs is 1. The summed E-state index contributed by atoms with van der Waals surface area (Å²) in [6, 6.07) is 6.25. The number of hydrogen-bond acceptors (Lipinski definition) is 2. The van der Waals surface area contributed by atoms with Crippen molar-refractivity contribution in [2.24, 2.45) is 0 Å². The number of halogens is 1. The van der Waals surface area contributed by atoms with Crippen LogP contribution in [0.3, 0.4) is 0 Å². The second-order valence-corrected chi connectivity index (χ2v) is 5.36. The fourth-order valence-corrected chi connectivity index (χ4v) is 2.89. The first-order chi connectivity index (χ1) is 8.25. The molecular weight excluding hydrogens is 282 g/mol. The number of nitrogens with one attached hydrogen (secondary N) is 2. The van der Waals surface area contributed by atoms with Crippen LogP contribution in [0.5, 0.6) is 0 Å². The van der Waals surface area contributed by atoms with E-state index in [1.165, 1.54) is 0 Å². The van der Waals surface area contributed by atoms with Gasteiger partial charge in [0.1, 0.15) is 0 Å². The standard InChI is InChI=1S/C12H14BrN3O/c13-8-1-2-11-10(7-8)15-12(17)16(11)9-3-5-14-6-4-9/h1-2,7,9,14H,3-6H2,(H,15,17). The molecule has 1 fully saturated rings. The molecule has 1 aromatic carbocycles. The second-order valence-electron chi connectivity index (χ2n) is 4.44. The Bertz CT molecular complexity index is 595.